The summed E-state index contributed by atoms with van der Waals surface area (Å²) in [6.07, 6.45) is 7.22. The molecule has 3 atom stereocenters. The monoisotopic (exact) mass is 540 g/mol. The van der Waals surface area contributed by atoms with Crippen molar-refractivity contribution in [3.63, 3.8) is 0 Å². The van der Waals surface area contributed by atoms with E-state index in [1.54, 1.807) is 4.68 Å². The average molecular weight is 540 g/mol. The van der Waals surface area contributed by atoms with E-state index in [9.17, 15) is 9.59 Å². The van der Waals surface area contributed by atoms with Crippen molar-refractivity contribution in [3.8, 4) is 0 Å². The summed E-state index contributed by atoms with van der Waals surface area (Å²) in [4.78, 5) is 23.2. The first-order valence-corrected chi connectivity index (χ1v) is 11.6. The van der Waals surface area contributed by atoms with Crippen LogP contribution in [-0.2, 0) is 64.6 Å². The maximum atomic E-state index is 12.1. The van der Waals surface area contributed by atoms with Crippen LogP contribution in [0.1, 0.15) is 62.9 Å². The molecule has 0 fully saturated rings. The van der Waals surface area contributed by atoms with Gasteiger partial charge in [-0.05, 0) is 18.9 Å². The van der Waals surface area contributed by atoms with Gasteiger partial charge in [-0.25, -0.2) is 0 Å². The van der Waals surface area contributed by atoms with E-state index in [4.69, 9.17) is 9.47 Å². The summed E-state index contributed by atoms with van der Waals surface area (Å²) in [6.45, 7) is 6.06. The van der Waals surface area contributed by atoms with E-state index in [-0.39, 0.29) is 56.9 Å². The van der Waals surface area contributed by atoms with Gasteiger partial charge in [-0.2, -0.15) is 11.0 Å². The topological polar surface area (TPSA) is 95.3 Å². The number of benzene rings is 1. The number of ether oxygens (including phenoxy) is 2. The number of aromatic nitrogens is 3. The Kier molecular flexibility index (Phi) is 9.45. The molecule has 4 rings (SSSR count). The molecule has 0 saturated heterocycles. The molecule has 179 valence electrons. The van der Waals surface area contributed by atoms with Crippen LogP contribution in [0.25, 0.3) is 0 Å². The first-order chi connectivity index (χ1) is 16.0. The van der Waals surface area contributed by atoms with Gasteiger partial charge in [0.25, 0.3) is 6.47 Å². The summed E-state index contributed by atoms with van der Waals surface area (Å²) in [5, 5.41) is 11.9. The molecule has 2 aliphatic rings. The molecule has 0 bridgehead atoms. The minimum absolute atomic E-state index is 0. The molecule has 1 radical (unpaired) electrons. The molecule has 1 heterocycles. The van der Waals surface area contributed by atoms with Crippen molar-refractivity contribution in [1.29, 1.82) is 0 Å². The van der Waals surface area contributed by atoms with Crippen molar-refractivity contribution in [2.24, 2.45) is 0 Å². The second-order valence-corrected chi connectivity index (χ2v) is 8.69. The van der Waals surface area contributed by atoms with Crippen molar-refractivity contribution in [1.82, 2.24) is 20.3 Å². The van der Waals surface area contributed by atoms with Crippen LogP contribution < -0.4 is 5.32 Å². The Morgan fingerprint density at radius 3 is 2.53 bits per heavy atom. The number of fused-ring (bicyclic) bond motifs is 1. The van der Waals surface area contributed by atoms with Crippen LogP contribution in [0.3, 0.4) is 0 Å². The molecule has 0 aliphatic heterocycles. The Labute approximate surface area is 225 Å². The number of carbonyl (C=O) groups is 2. The van der Waals surface area contributed by atoms with Gasteiger partial charge < -0.3 is 19.5 Å². The van der Waals surface area contributed by atoms with Crippen LogP contribution in [-0.4, -0.2) is 45.6 Å². The predicted octanol–water partition coefficient (Wildman–Crippen LogP) is 3.08. The van der Waals surface area contributed by atoms with E-state index in [2.05, 4.69) is 53.7 Å². The number of rotatable bonds is 9. The van der Waals surface area contributed by atoms with Crippen molar-refractivity contribution in [2.45, 2.75) is 77.2 Å². The van der Waals surface area contributed by atoms with Crippen molar-refractivity contribution >= 4 is 12.4 Å². The van der Waals surface area contributed by atoms with Crippen molar-refractivity contribution in [2.75, 3.05) is 0 Å². The van der Waals surface area contributed by atoms with Gasteiger partial charge in [0, 0.05) is 46.1 Å². The molecule has 1 aromatic carbocycles. The van der Waals surface area contributed by atoms with Crippen LogP contribution in [0.2, 0.25) is 0 Å². The van der Waals surface area contributed by atoms with Gasteiger partial charge in [0.05, 0.1) is 24.3 Å². The van der Waals surface area contributed by atoms with E-state index in [0.717, 1.165) is 31.4 Å². The molecule has 0 unspecified atom stereocenters. The minimum Gasteiger partial charge on any atom is -0.433 e. The fourth-order valence-electron chi connectivity index (χ4n) is 4.76. The SMILES string of the molecule is CCC(CC)O[C@@H]1CC(OC=O)=C[C@H](n2cc([C-]3Cc4ccccc4C3)nn2)[C@H]1NC(C)=O.[Y]. The fourth-order valence-corrected chi connectivity index (χ4v) is 4.76. The fraction of sp³-hybridized carbons (Fsp3) is 0.480. The number of carbonyl (C=O) groups excluding carboxylic acids is 2. The molecule has 0 saturated carbocycles. The van der Waals surface area contributed by atoms with E-state index < -0.39 is 6.04 Å². The van der Waals surface area contributed by atoms with Gasteiger partial charge in [0.2, 0.25) is 5.91 Å². The number of nitrogens with zero attached hydrogens (tertiary/aromatic N) is 3. The number of nitrogens with one attached hydrogen (secondary N) is 1. The molecule has 0 spiro atoms. The Hall–Kier alpha value is -2.03. The van der Waals surface area contributed by atoms with E-state index in [0.29, 0.717) is 18.7 Å². The maximum absolute atomic E-state index is 12.1. The Bertz CT molecular complexity index is 995. The van der Waals surface area contributed by atoms with Crippen molar-refractivity contribution < 1.29 is 51.8 Å². The first kappa shape index (κ1) is 26.6. The second kappa shape index (κ2) is 12.1. The Morgan fingerprint density at radius 2 is 1.94 bits per heavy atom. The maximum Gasteiger partial charge on any atom is 0.298 e. The molecule has 2 aliphatic carbocycles. The summed E-state index contributed by atoms with van der Waals surface area (Å²) >= 11 is 0. The van der Waals surface area contributed by atoms with Crippen molar-refractivity contribution in [3.05, 3.63) is 65.0 Å². The third kappa shape index (κ3) is 5.96. The average Bonchev–Trinajstić information content (AvgIpc) is 3.45. The standard InChI is InChI=1S/C25H31N4O4.Y/c1-4-20(5-2)33-24-13-21(32-15-30)12-23(25(24)26-16(3)31)29-14-22(27-28-29)19-10-17-8-6-7-9-18(17)11-19;/h6-9,12,14-15,20,23-25H,4-5,10-11,13H2,1-3H3,(H,26,31);/q-1;/t23-,24+,25+;/m0./s1. The van der Waals surface area contributed by atoms with Crippen LogP contribution >= 0.6 is 0 Å². The van der Waals surface area contributed by atoms with Crippen LogP contribution in [0.5, 0.6) is 0 Å². The molecular formula is C25H31N4O4Y-. The first-order valence-electron chi connectivity index (χ1n) is 11.6. The largest absolute Gasteiger partial charge is 0.433 e. The zero-order valence-electron chi connectivity index (χ0n) is 19.9. The van der Waals surface area contributed by atoms with Gasteiger partial charge in [-0.15, -0.1) is 0 Å². The van der Waals surface area contributed by atoms with Crippen LogP contribution in [0.15, 0.2) is 42.3 Å². The number of amides is 1. The zero-order valence-corrected chi connectivity index (χ0v) is 22.8. The predicted molar refractivity (Wildman–Crippen MR) is 122 cm³/mol. The van der Waals surface area contributed by atoms with E-state index in [1.165, 1.54) is 24.0 Å². The smallest absolute Gasteiger partial charge is 0.298 e. The normalized spacial score (nSPS) is 21.5. The summed E-state index contributed by atoms with van der Waals surface area (Å²) < 4.78 is 13.3. The van der Waals surface area contributed by atoms with Gasteiger partial charge in [0.15, 0.2) is 0 Å². The molecule has 1 aromatic heterocycles. The summed E-state index contributed by atoms with van der Waals surface area (Å²) in [7, 11) is 0. The Balaban J connectivity index is 0.00000324. The molecular weight excluding hydrogens is 509 g/mol. The molecule has 34 heavy (non-hydrogen) atoms. The van der Waals surface area contributed by atoms with Gasteiger partial charge in [-0.1, -0.05) is 79.2 Å². The van der Waals surface area contributed by atoms with Crippen LogP contribution in [0, 0.1) is 5.92 Å². The van der Waals surface area contributed by atoms with E-state index >= 15 is 0 Å². The summed E-state index contributed by atoms with van der Waals surface area (Å²) in [5.74, 6) is 1.57. The van der Waals surface area contributed by atoms with Gasteiger partial charge >= 0.3 is 0 Å². The van der Waals surface area contributed by atoms with Gasteiger partial charge in [-0.3, -0.25) is 9.59 Å². The summed E-state index contributed by atoms with van der Waals surface area (Å²) in [6, 6.07) is 7.62. The third-order valence-corrected chi connectivity index (χ3v) is 6.48. The zero-order chi connectivity index (χ0) is 23.4. The van der Waals surface area contributed by atoms with Gasteiger partial charge in [0.1, 0.15) is 5.76 Å². The van der Waals surface area contributed by atoms with Crippen LogP contribution in [0.4, 0.5) is 0 Å². The van der Waals surface area contributed by atoms with E-state index in [1.807, 2.05) is 12.3 Å². The minimum atomic E-state index is -0.400. The third-order valence-electron chi connectivity index (χ3n) is 6.48. The second-order valence-electron chi connectivity index (χ2n) is 8.69. The molecule has 1 N–H and O–H groups in total. The quantitative estimate of drug-likeness (QED) is 0.388. The molecule has 9 heteroatoms. The Morgan fingerprint density at radius 1 is 1.26 bits per heavy atom. The molecule has 8 nitrogen and oxygen atoms in total. The summed E-state index contributed by atoms with van der Waals surface area (Å²) in [5.41, 5.74) is 3.47. The molecule has 1 amide bonds. The number of hydrogen-bond acceptors (Lipinski definition) is 6. The number of hydrogen-bond donors (Lipinski definition) is 1. The molecule has 2 aromatic rings.